The minimum absolute atomic E-state index is 0.0579. The normalized spacial score (nSPS) is 22.1. The van der Waals surface area contributed by atoms with E-state index >= 15 is 0 Å². The van der Waals surface area contributed by atoms with E-state index in [1.807, 2.05) is 18.2 Å². The number of Topliss-reactive ketones (excluding diaryl/α,β-unsaturated/α-hetero) is 1. The largest absolute Gasteiger partial charge is 0.486 e. The number of aliphatic hydroxyl groups excluding tert-OH is 1. The van der Waals surface area contributed by atoms with E-state index in [1.165, 1.54) is 43.5 Å². The Morgan fingerprint density at radius 1 is 1.00 bits per heavy atom. The van der Waals surface area contributed by atoms with E-state index in [-0.39, 0.29) is 23.9 Å². The maximum absolute atomic E-state index is 13.1. The summed E-state index contributed by atoms with van der Waals surface area (Å²) >= 11 is 0. The van der Waals surface area contributed by atoms with Gasteiger partial charge in [-0.2, -0.15) is 0 Å². The monoisotopic (exact) mass is 524 g/mol. The lowest BCUT2D eigenvalue weighted by Gasteiger charge is -2.49. The molecule has 5 rings (SSSR count). The number of hydrogen-bond donors (Lipinski definition) is 2. The number of likely N-dealkylation sites (tertiary alicyclic amines) is 1. The van der Waals surface area contributed by atoms with Gasteiger partial charge in [0.05, 0.1) is 6.04 Å². The fraction of sp³-hybridized carbons (Fsp3) is 0.533. The highest BCUT2D eigenvalue weighted by Crippen LogP contribution is 2.40. The zero-order valence-electron chi connectivity index (χ0n) is 21.7. The predicted octanol–water partition coefficient (Wildman–Crippen LogP) is 4.43. The molecule has 0 bridgehead atoms. The lowest BCUT2D eigenvalue weighted by molar-refractivity contribution is -0.123. The molecule has 0 aromatic heterocycles. The van der Waals surface area contributed by atoms with Crippen LogP contribution in [0.3, 0.4) is 0 Å². The van der Waals surface area contributed by atoms with Gasteiger partial charge in [0.15, 0.2) is 17.3 Å². The molecule has 2 unspecified atom stereocenters. The molecule has 38 heavy (non-hydrogen) atoms. The van der Waals surface area contributed by atoms with Crippen LogP contribution >= 0.6 is 0 Å². The molecular formula is C30H37FN2O5. The lowest BCUT2D eigenvalue weighted by atomic mass is 9.73. The van der Waals surface area contributed by atoms with Crippen LogP contribution in [0.25, 0.3) is 0 Å². The molecule has 4 atom stereocenters. The number of rotatable bonds is 11. The zero-order chi connectivity index (χ0) is 26.5. The van der Waals surface area contributed by atoms with Gasteiger partial charge in [-0.25, -0.2) is 4.39 Å². The lowest BCUT2D eigenvalue weighted by Crippen LogP contribution is -2.56. The van der Waals surface area contributed by atoms with Crippen LogP contribution in [0, 0.1) is 11.7 Å². The highest BCUT2D eigenvalue weighted by Gasteiger charge is 2.39. The molecule has 2 heterocycles. The molecule has 2 aromatic carbocycles. The number of ketones is 1. The molecular weight excluding hydrogens is 487 g/mol. The quantitative estimate of drug-likeness (QED) is 0.334. The van der Waals surface area contributed by atoms with Crippen LogP contribution in [0.4, 0.5) is 4.39 Å². The van der Waals surface area contributed by atoms with E-state index in [2.05, 4.69) is 10.2 Å². The highest BCUT2D eigenvalue weighted by atomic mass is 19.1. The summed E-state index contributed by atoms with van der Waals surface area (Å²) in [4.78, 5) is 27.7. The Bertz CT molecular complexity index is 1120. The third-order valence-corrected chi connectivity index (χ3v) is 8.16. The van der Waals surface area contributed by atoms with Gasteiger partial charge < -0.3 is 19.9 Å². The number of unbranched alkanes of at least 4 members (excludes halogenated alkanes) is 1. The van der Waals surface area contributed by atoms with Crippen LogP contribution in [-0.2, 0) is 4.79 Å². The predicted molar refractivity (Wildman–Crippen MR) is 141 cm³/mol. The van der Waals surface area contributed by atoms with Gasteiger partial charge in [0.2, 0.25) is 5.91 Å². The Balaban J connectivity index is 1.19. The first-order valence-electron chi connectivity index (χ1n) is 13.9. The Morgan fingerprint density at radius 2 is 1.76 bits per heavy atom. The number of aliphatic hydroxyl groups is 1. The van der Waals surface area contributed by atoms with Crippen LogP contribution in [-0.4, -0.2) is 60.1 Å². The molecule has 1 aliphatic carbocycles. The second kappa shape index (κ2) is 12.3. The molecule has 2 aliphatic heterocycles. The first-order chi connectivity index (χ1) is 18.5. The molecule has 7 nitrogen and oxygen atoms in total. The van der Waals surface area contributed by atoms with Gasteiger partial charge >= 0.3 is 0 Å². The number of carbonyl (C=O) groups is 2. The number of carbonyl (C=O) groups excluding carboxylic acids is 2. The smallest absolute Gasteiger partial charge is 0.220 e. The SMILES string of the molecule is O=C(CCCCC(=O)c1ccc(F)cc1)N[C@H](CN1CCCC2CCC21)[C@H](O)c1ccc2c(c1)OCCO2. The van der Waals surface area contributed by atoms with E-state index in [4.69, 9.17) is 9.47 Å². The summed E-state index contributed by atoms with van der Waals surface area (Å²) in [6, 6.07) is 11.1. The van der Waals surface area contributed by atoms with E-state index in [0.717, 1.165) is 18.9 Å². The molecule has 0 radical (unpaired) electrons. The Morgan fingerprint density at radius 3 is 2.53 bits per heavy atom. The van der Waals surface area contributed by atoms with Crippen LogP contribution in [0.5, 0.6) is 11.5 Å². The second-order valence-electron chi connectivity index (χ2n) is 10.7. The molecule has 8 heteroatoms. The highest BCUT2D eigenvalue weighted by molar-refractivity contribution is 5.96. The van der Waals surface area contributed by atoms with Gasteiger partial charge in [0.1, 0.15) is 25.1 Å². The summed E-state index contributed by atoms with van der Waals surface area (Å²) in [7, 11) is 0. The number of halogens is 1. The average Bonchev–Trinajstić information content (AvgIpc) is 2.91. The van der Waals surface area contributed by atoms with Crippen molar-refractivity contribution in [3.63, 3.8) is 0 Å². The molecule has 204 valence electrons. The van der Waals surface area contributed by atoms with Crippen molar-refractivity contribution in [2.45, 2.75) is 69.6 Å². The number of hydrogen-bond acceptors (Lipinski definition) is 6. The van der Waals surface area contributed by atoms with Crippen LogP contribution in [0.15, 0.2) is 42.5 Å². The standard InChI is InChI=1S/C30H37FN2O5/c31-23-11-7-21(8-12-23)26(34)5-1-2-6-29(35)32-24(19-33-15-3-4-20-9-13-25(20)33)30(36)22-10-14-27-28(18-22)38-17-16-37-27/h7-8,10-12,14,18,20,24-25,30,36H,1-6,9,13,15-17,19H2,(H,32,35)/t20?,24-,25?,30-/m1/s1. The van der Waals surface area contributed by atoms with Crippen molar-refractivity contribution in [2.75, 3.05) is 26.3 Å². The third kappa shape index (κ3) is 6.35. The van der Waals surface area contributed by atoms with Crippen LogP contribution < -0.4 is 14.8 Å². The van der Waals surface area contributed by atoms with Crippen molar-refractivity contribution in [1.29, 1.82) is 0 Å². The number of fused-ring (bicyclic) bond motifs is 2. The summed E-state index contributed by atoms with van der Waals surface area (Å²) in [5, 5.41) is 14.5. The molecule has 1 saturated heterocycles. The van der Waals surface area contributed by atoms with E-state index in [0.29, 0.717) is 67.7 Å². The number of ether oxygens (including phenoxy) is 2. The maximum atomic E-state index is 13.1. The minimum atomic E-state index is -0.893. The van der Waals surface area contributed by atoms with Gasteiger partial charge in [-0.1, -0.05) is 6.07 Å². The number of amides is 1. The summed E-state index contributed by atoms with van der Waals surface area (Å²) in [5.41, 5.74) is 1.17. The van der Waals surface area contributed by atoms with E-state index < -0.39 is 12.1 Å². The van der Waals surface area contributed by atoms with Crippen LogP contribution in [0.2, 0.25) is 0 Å². The first kappa shape index (κ1) is 26.6. The zero-order valence-corrected chi connectivity index (χ0v) is 21.7. The second-order valence-corrected chi connectivity index (χ2v) is 10.7. The molecule has 3 aliphatic rings. The molecule has 2 N–H and O–H groups in total. The summed E-state index contributed by atoms with van der Waals surface area (Å²) < 4.78 is 24.4. The van der Waals surface area contributed by atoms with E-state index in [1.54, 1.807) is 0 Å². The maximum Gasteiger partial charge on any atom is 0.220 e. The number of benzene rings is 2. The topological polar surface area (TPSA) is 88.1 Å². The Hall–Kier alpha value is -2.97. The van der Waals surface area contributed by atoms with Gasteiger partial charge in [0, 0.05) is 31.0 Å². The molecule has 1 amide bonds. The Labute approximate surface area is 223 Å². The van der Waals surface area contributed by atoms with Gasteiger partial charge in [-0.3, -0.25) is 14.5 Å². The number of piperidine rings is 1. The molecule has 2 fully saturated rings. The van der Waals surface area contributed by atoms with Gasteiger partial charge in [0.25, 0.3) is 0 Å². The fourth-order valence-corrected chi connectivity index (χ4v) is 5.90. The van der Waals surface area contributed by atoms with Crippen molar-refractivity contribution in [1.82, 2.24) is 10.2 Å². The first-order valence-corrected chi connectivity index (χ1v) is 13.9. The average molecular weight is 525 g/mol. The van der Waals surface area contributed by atoms with Crippen molar-refractivity contribution in [3.05, 3.63) is 59.4 Å². The fourth-order valence-electron chi connectivity index (χ4n) is 5.90. The molecule has 1 saturated carbocycles. The van der Waals surface area contributed by atoms with Gasteiger partial charge in [-0.05, 0) is 92.9 Å². The number of nitrogens with one attached hydrogen (secondary N) is 1. The molecule has 2 aromatic rings. The summed E-state index contributed by atoms with van der Waals surface area (Å²) in [6.07, 6.45) is 5.65. The third-order valence-electron chi connectivity index (χ3n) is 8.16. The van der Waals surface area contributed by atoms with Crippen molar-refractivity contribution >= 4 is 11.7 Å². The van der Waals surface area contributed by atoms with Crippen LogP contribution in [0.1, 0.15) is 73.4 Å². The van der Waals surface area contributed by atoms with Crippen molar-refractivity contribution in [3.8, 4) is 11.5 Å². The van der Waals surface area contributed by atoms with Gasteiger partial charge in [-0.15, -0.1) is 0 Å². The molecule has 0 spiro atoms. The van der Waals surface area contributed by atoms with Crippen molar-refractivity contribution in [2.24, 2.45) is 5.92 Å². The Kier molecular flexibility index (Phi) is 8.59. The van der Waals surface area contributed by atoms with E-state index in [9.17, 15) is 19.1 Å². The minimum Gasteiger partial charge on any atom is -0.486 e. The number of nitrogens with zero attached hydrogens (tertiary/aromatic N) is 1. The summed E-state index contributed by atoms with van der Waals surface area (Å²) in [6.45, 7) is 2.53. The van der Waals surface area contributed by atoms with Crippen molar-refractivity contribution < 1.29 is 28.6 Å². The summed E-state index contributed by atoms with van der Waals surface area (Å²) in [5.74, 6) is 1.44.